The van der Waals surface area contributed by atoms with Gasteiger partial charge in [-0.3, -0.25) is 4.79 Å². The van der Waals surface area contributed by atoms with Crippen molar-refractivity contribution in [2.75, 3.05) is 5.32 Å². The number of carboxylic acid groups (broad SMARTS) is 1. The van der Waals surface area contributed by atoms with Crippen LogP contribution in [0.15, 0.2) is 59.1 Å². The number of para-hydroxylation sites is 1. The lowest BCUT2D eigenvalue weighted by atomic mass is 9.79. The van der Waals surface area contributed by atoms with Crippen molar-refractivity contribution in [3.05, 3.63) is 77.4 Å². The van der Waals surface area contributed by atoms with Crippen molar-refractivity contribution in [1.29, 1.82) is 0 Å². The van der Waals surface area contributed by atoms with Crippen LogP contribution in [0.3, 0.4) is 0 Å². The molecule has 1 saturated carbocycles. The second kappa shape index (κ2) is 7.87. The van der Waals surface area contributed by atoms with E-state index in [1.807, 2.05) is 18.2 Å². The molecule has 29 heavy (non-hydrogen) atoms. The Kier molecular flexibility index (Phi) is 5.12. The summed E-state index contributed by atoms with van der Waals surface area (Å²) in [5, 5.41) is 15.9. The highest BCUT2D eigenvalue weighted by Gasteiger charge is 2.42. The molecule has 148 valence electrons. The van der Waals surface area contributed by atoms with Crippen LogP contribution in [0.1, 0.15) is 53.3 Å². The van der Waals surface area contributed by atoms with Gasteiger partial charge in [0.25, 0.3) is 0 Å². The predicted octanol–water partition coefficient (Wildman–Crippen LogP) is 3.81. The Morgan fingerprint density at radius 2 is 1.72 bits per heavy atom. The number of benzene rings is 2. The van der Waals surface area contributed by atoms with Crippen LogP contribution < -0.4 is 5.32 Å². The van der Waals surface area contributed by atoms with E-state index in [0.717, 1.165) is 31.2 Å². The van der Waals surface area contributed by atoms with Gasteiger partial charge in [0, 0.05) is 0 Å². The van der Waals surface area contributed by atoms with Crippen molar-refractivity contribution < 1.29 is 19.2 Å². The molecule has 0 spiro atoms. The largest absolute Gasteiger partial charge is 0.478 e. The number of hydrogen-bond acceptors (Lipinski definition) is 5. The molecule has 7 nitrogen and oxygen atoms in total. The lowest BCUT2D eigenvalue weighted by Gasteiger charge is -2.25. The van der Waals surface area contributed by atoms with E-state index in [2.05, 4.69) is 27.6 Å². The number of nitrogens with one attached hydrogen (secondary N) is 1. The number of rotatable bonds is 6. The van der Waals surface area contributed by atoms with Crippen molar-refractivity contribution in [2.24, 2.45) is 0 Å². The second-order valence-electron chi connectivity index (χ2n) is 7.25. The average molecular weight is 391 g/mol. The highest BCUT2D eigenvalue weighted by molar-refractivity contribution is 6.00. The molecule has 0 atom stereocenters. The monoisotopic (exact) mass is 391 g/mol. The van der Waals surface area contributed by atoms with Gasteiger partial charge < -0.3 is 14.9 Å². The molecule has 0 aliphatic heterocycles. The second-order valence-corrected chi connectivity index (χ2v) is 7.25. The van der Waals surface area contributed by atoms with Gasteiger partial charge in [0.1, 0.15) is 0 Å². The Morgan fingerprint density at radius 3 is 2.45 bits per heavy atom. The summed E-state index contributed by atoms with van der Waals surface area (Å²) in [7, 11) is 0. The van der Waals surface area contributed by atoms with Gasteiger partial charge in [0.15, 0.2) is 5.82 Å². The van der Waals surface area contributed by atoms with E-state index in [0.29, 0.717) is 5.89 Å². The molecule has 3 aromatic rings. The number of carbonyl (C=O) groups excluding carboxylic acids is 1. The number of carboxylic acids is 1. The summed E-state index contributed by atoms with van der Waals surface area (Å²) in [6.07, 6.45) is 3.92. The van der Waals surface area contributed by atoms with Gasteiger partial charge in [-0.15, -0.1) is 0 Å². The van der Waals surface area contributed by atoms with Crippen LogP contribution in [0.5, 0.6) is 0 Å². The molecule has 1 aliphatic rings. The number of amides is 1. The molecule has 0 saturated heterocycles. The normalized spacial score (nSPS) is 15.2. The first-order valence-corrected chi connectivity index (χ1v) is 9.59. The minimum Gasteiger partial charge on any atom is -0.478 e. The van der Waals surface area contributed by atoms with Gasteiger partial charge in [-0.05, 0) is 30.5 Å². The SMILES string of the molecule is O=C(Cc1noc(C2(c3ccccc3)CCCC2)n1)Nc1ccccc1C(=O)O. The summed E-state index contributed by atoms with van der Waals surface area (Å²) >= 11 is 0. The van der Waals surface area contributed by atoms with E-state index in [-0.39, 0.29) is 28.9 Å². The van der Waals surface area contributed by atoms with Gasteiger partial charge in [-0.2, -0.15) is 4.98 Å². The van der Waals surface area contributed by atoms with Crippen LogP contribution in [0.4, 0.5) is 5.69 Å². The van der Waals surface area contributed by atoms with Gasteiger partial charge in [0.05, 0.1) is 23.1 Å². The van der Waals surface area contributed by atoms with Crippen LogP contribution in [0, 0.1) is 0 Å². The molecule has 1 fully saturated rings. The average Bonchev–Trinajstić information content (AvgIpc) is 3.39. The van der Waals surface area contributed by atoms with Crippen molar-refractivity contribution in [3.8, 4) is 0 Å². The van der Waals surface area contributed by atoms with E-state index in [9.17, 15) is 14.7 Å². The summed E-state index contributed by atoms with van der Waals surface area (Å²) in [5.74, 6) is -0.678. The van der Waals surface area contributed by atoms with Gasteiger partial charge >= 0.3 is 5.97 Å². The van der Waals surface area contributed by atoms with E-state index < -0.39 is 11.9 Å². The molecule has 1 aromatic heterocycles. The summed E-state index contributed by atoms with van der Waals surface area (Å²) in [6.45, 7) is 0. The molecule has 4 rings (SSSR count). The maximum atomic E-state index is 12.4. The number of nitrogens with zero attached hydrogens (tertiary/aromatic N) is 2. The Bertz CT molecular complexity index is 1020. The first-order valence-electron chi connectivity index (χ1n) is 9.59. The van der Waals surface area contributed by atoms with Gasteiger partial charge in [-0.1, -0.05) is 60.5 Å². The van der Waals surface area contributed by atoms with Crippen LogP contribution in [0.2, 0.25) is 0 Å². The van der Waals surface area contributed by atoms with E-state index in [4.69, 9.17) is 4.52 Å². The third-order valence-corrected chi connectivity index (χ3v) is 5.41. The molecule has 2 aromatic carbocycles. The van der Waals surface area contributed by atoms with E-state index in [1.54, 1.807) is 18.2 Å². The lowest BCUT2D eigenvalue weighted by Crippen LogP contribution is -2.24. The molecule has 2 N–H and O–H groups in total. The number of carbonyl (C=O) groups is 2. The smallest absolute Gasteiger partial charge is 0.337 e. The first kappa shape index (κ1) is 18.9. The zero-order chi connectivity index (χ0) is 20.3. The van der Waals surface area contributed by atoms with Crippen molar-refractivity contribution >= 4 is 17.6 Å². The molecule has 0 unspecified atom stereocenters. The van der Waals surface area contributed by atoms with E-state index >= 15 is 0 Å². The lowest BCUT2D eigenvalue weighted by molar-refractivity contribution is -0.115. The fourth-order valence-corrected chi connectivity index (χ4v) is 4.00. The van der Waals surface area contributed by atoms with E-state index in [1.165, 1.54) is 6.07 Å². The van der Waals surface area contributed by atoms with Crippen molar-refractivity contribution in [3.63, 3.8) is 0 Å². The number of hydrogen-bond donors (Lipinski definition) is 2. The Labute approximate surface area is 167 Å². The summed E-state index contributed by atoms with van der Waals surface area (Å²) in [5.41, 5.74) is 1.11. The summed E-state index contributed by atoms with van der Waals surface area (Å²) in [6, 6.07) is 16.4. The molecule has 0 bridgehead atoms. The molecule has 7 heteroatoms. The first-order chi connectivity index (χ1) is 14.1. The van der Waals surface area contributed by atoms with Crippen molar-refractivity contribution in [2.45, 2.75) is 37.5 Å². The third-order valence-electron chi connectivity index (χ3n) is 5.41. The van der Waals surface area contributed by atoms with Crippen LogP contribution in [0.25, 0.3) is 0 Å². The van der Waals surface area contributed by atoms with Crippen molar-refractivity contribution in [1.82, 2.24) is 10.1 Å². The van der Waals surface area contributed by atoms with Gasteiger partial charge in [0.2, 0.25) is 11.8 Å². The zero-order valence-electron chi connectivity index (χ0n) is 15.8. The van der Waals surface area contributed by atoms with Gasteiger partial charge in [-0.25, -0.2) is 4.79 Å². The van der Waals surface area contributed by atoms with Crippen LogP contribution in [-0.2, 0) is 16.6 Å². The zero-order valence-corrected chi connectivity index (χ0v) is 15.8. The molecule has 1 aliphatic carbocycles. The Balaban J connectivity index is 1.52. The molecule has 1 amide bonds. The highest BCUT2D eigenvalue weighted by atomic mass is 16.5. The number of anilines is 1. The molecular formula is C22H21N3O4. The third kappa shape index (κ3) is 3.76. The maximum Gasteiger partial charge on any atom is 0.337 e. The Morgan fingerprint density at radius 1 is 1.03 bits per heavy atom. The summed E-state index contributed by atoms with van der Waals surface area (Å²) in [4.78, 5) is 28.2. The minimum atomic E-state index is -1.10. The standard InChI is InChI=1S/C22H21N3O4/c26-19(23-17-11-5-4-10-16(17)20(27)28)14-18-24-21(29-25-18)22(12-6-7-13-22)15-8-2-1-3-9-15/h1-5,8-11H,6-7,12-14H2,(H,23,26)(H,27,28). The Hall–Kier alpha value is -3.48. The maximum absolute atomic E-state index is 12.4. The minimum absolute atomic E-state index is 0.0311. The molecular weight excluding hydrogens is 370 g/mol. The fraction of sp³-hybridized carbons (Fsp3) is 0.273. The predicted molar refractivity (Wildman–Crippen MR) is 106 cm³/mol. The molecule has 0 radical (unpaired) electrons. The quantitative estimate of drug-likeness (QED) is 0.662. The highest BCUT2D eigenvalue weighted by Crippen LogP contribution is 2.45. The number of aromatic carboxylic acids is 1. The fourth-order valence-electron chi connectivity index (χ4n) is 4.00. The van der Waals surface area contributed by atoms with Crippen LogP contribution >= 0.6 is 0 Å². The summed E-state index contributed by atoms with van der Waals surface area (Å²) < 4.78 is 5.58. The molecule has 1 heterocycles. The number of aromatic nitrogens is 2. The van der Waals surface area contributed by atoms with Crippen LogP contribution in [-0.4, -0.2) is 27.1 Å². The topological polar surface area (TPSA) is 105 Å².